The van der Waals surface area contributed by atoms with Crippen molar-refractivity contribution in [2.45, 2.75) is 64.0 Å². The molecule has 0 amide bonds. The molecule has 0 saturated carbocycles. The lowest BCUT2D eigenvalue weighted by molar-refractivity contribution is 0.344. The lowest BCUT2D eigenvalue weighted by Crippen LogP contribution is -2.40. The topological polar surface area (TPSA) is 24.1 Å². The van der Waals surface area contributed by atoms with Crippen LogP contribution in [0.3, 0.4) is 0 Å². The summed E-state index contributed by atoms with van der Waals surface area (Å²) in [6, 6.07) is 1.44. The van der Waals surface area contributed by atoms with E-state index in [-0.39, 0.29) is 0 Å². The van der Waals surface area contributed by atoms with E-state index in [4.69, 9.17) is 0 Å². The number of hydrogen-bond acceptors (Lipinski definition) is 3. The molecule has 2 unspecified atom stereocenters. The van der Waals surface area contributed by atoms with Crippen molar-refractivity contribution in [1.29, 1.82) is 0 Å². The first-order valence-corrected chi connectivity index (χ1v) is 8.68. The smallest absolute Gasteiger partial charge is 0.00817 e. The summed E-state index contributed by atoms with van der Waals surface area (Å²) >= 11 is 1.96. The van der Waals surface area contributed by atoms with Crippen LogP contribution in [0.2, 0.25) is 0 Å². The van der Waals surface area contributed by atoms with E-state index in [1.54, 1.807) is 0 Å². The Labute approximate surface area is 112 Å². The van der Waals surface area contributed by atoms with Crippen molar-refractivity contribution in [2.75, 3.05) is 25.1 Å². The highest BCUT2D eigenvalue weighted by Crippen LogP contribution is 2.11. The van der Waals surface area contributed by atoms with Crippen LogP contribution < -0.4 is 10.6 Å². The summed E-state index contributed by atoms with van der Waals surface area (Å²) in [6.45, 7) is 4.76. The molecule has 1 heterocycles. The van der Waals surface area contributed by atoms with E-state index >= 15 is 0 Å². The third-order valence-corrected chi connectivity index (χ3v) is 4.27. The van der Waals surface area contributed by atoms with Crippen LogP contribution in [0.15, 0.2) is 0 Å². The molecule has 0 radical (unpaired) electrons. The lowest BCUT2D eigenvalue weighted by atomic mass is 9.99. The molecule has 0 aromatic heterocycles. The molecule has 2 atom stereocenters. The van der Waals surface area contributed by atoms with Crippen molar-refractivity contribution in [2.24, 2.45) is 0 Å². The maximum atomic E-state index is 3.66. The first-order chi connectivity index (χ1) is 8.33. The standard InChI is InChI=1S/C14H30N2S/c1-13(12-14-8-4-6-10-16-14)15-9-5-3-7-11-17-2/h13-16H,3-12H2,1-2H3. The molecule has 0 aliphatic carbocycles. The van der Waals surface area contributed by atoms with Crippen molar-refractivity contribution in [3.05, 3.63) is 0 Å². The molecule has 0 aromatic carbocycles. The second-order valence-corrected chi connectivity index (χ2v) is 6.28. The number of unbranched alkanes of at least 4 members (excludes halogenated alkanes) is 2. The Morgan fingerprint density at radius 2 is 2.18 bits per heavy atom. The van der Waals surface area contributed by atoms with Gasteiger partial charge in [-0.05, 0) is 64.1 Å². The first-order valence-electron chi connectivity index (χ1n) is 7.28. The molecule has 1 fully saturated rings. The fourth-order valence-corrected chi connectivity index (χ4v) is 3.02. The van der Waals surface area contributed by atoms with Gasteiger partial charge >= 0.3 is 0 Å². The molecule has 0 spiro atoms. The minimum absolute atomic E-state index is 0.672. The molecule has 102 valence electrons. The number of rotatable bonds is 9. The third-order valence-electron chi connectivity index (χ3n) is 3.57. The summed E-state index contributed by atoms with van der Waals surface area (Å²) in [5.41, 5.74) is 0. The van der Waals surface area contributed by atoms with Crippen molar-refractivity contribution in [3.8, 4) is 0 Å². The van der Waals surface area contributed by atoms with E-state index < -0.39 is 0 Å². The van der Waals surface area contributed by atoms with Crippen molar-refractivity contribution >= 4 is 11.8 Å². The Bertz CT molecular complexity index is 170. The van der Waals surface area contributed by atoms with Crippen LogP contribution in [0.4, 0.5) is 0 Å². The summed E-state index contributed by atoms with van der Waals surface area (Å²) in [6.07, 6.45) is 11.7. The molecule has 0 bridgehead atoms. The average Bonchev–Trinajstić information content (AvgIpc) is 2.35. The van der Waals surface area contributed by atoms with Crippen LogP contribution in [-0.2, 0) is 0 Å². The monoisotopic (exact) mass is 258 g/mol. The molecule has 1 aliphatic heterocycles. The SMILES string of the molecule is CSCCCCCNC(C)CC1CCCCN1. The van der Waals surface area contributed by atoms with Crippen LogP contribution in [0.1, 0.15) is 51.9 Å². The van der Waals surface area contributed by atoms with Gasteiger partial charge < -0.3 is 10.6 Å². The molecule has 2 nitrogen and oxygen atoms in total. The van der Waals surface area contributed by atoms with Gasteiger partial charge in [-0.25, -0.2) is 0 Å². The van der Waals surface area contributed by atoms with Crippen LogP contribution in [0.25, 0.3) is 0 Å². The zero-order chi connectivity index (χ0) is 12.3. The Balaban J connectivity index is 1.91. The van der Waals surface area contributed by atoms with Gasteiger partial charge in [0.15, 0.2) is 0 Å². The molecule has 0 aromatic rings. The first kappa shape index (κ1) is 15.3. The van der Waals surface area contributed by atoms with Gasteiger partial charge in [-0.15, -0.1) is 0 Å². The van der Waals surface area contributed by atoms with Crippen molar-refractivity contribution in [3.63, 3.8) is 0 Å². The largest absolute Gasteiger partial charge is 0.314 e. The zero-order valence-electron chi connectivity index (χ0n) is 11.6. The van der Waals surface area contributed by atoms with Crippen molar-refractivity contribution < 1.29 is 0 Å². The number of hydrogen-bond donors (Lipinski definition) is 2. The summed E-state index contributed by atoms with van der Waals surface area (Å²) in [4.78, 5) is 0. The van der Waals surface area contributed by atoms with Gasteiger partial charge in [0.2, 0.25) is 0 Å². The average molecular weight is 258 g/mol. The fourth-order valence-electron chi connectivity index (χ4n) is 2.53. The minimum atomic E-state index is 0.672. The Morgan fingerprint density at radius 1 is 1.29 bits per heavy atom. The highest BCUT2D eigenvalue weighted by atomic mass is 32.2. The molecule has 3 heteroatoms. The van der Waals surface area contributed by atoms with E-state index in [0.29, 0.717) is 6.04 Å². The lowest BCUT2D eigenvalue weighted by Gasteiger charge is -2.26. The van der Waals surface area contributed by atoms with E-state index in [0.717, 1.165) is 6.04 Å². The zero-order valence-corrected chi connectivity index (χ0v) is 12.5. The molecular formula is C14H30N2S. The summed E-state index contributed by atoms with van der Waals surface area (Å²) < 4.78 is 0. The number of nitrogens with one attached hydrogen (secondary N) is 2. The van der Waals surface area contributed by atoms with Crippen LogP contribution >= 0.6 is 11.8 Å². The molecule has 2 N–H and O–H groups in total. The Morgan fingerprint density at radius 3 is 2.88 bits per heavy atom. The number of thioether (sulfide) groups is 1. The second-order valence-electron chi connectivity index (χ2n) is 5.29. The van der Waals surface area contributed by atoms with Crippen molar-refractivity contribution in [1.82, 2.24) is 10.6 Å². The predicted molar refractivity (Wildman–Crippen MR) is 80.0 cm³/mol. The van der Waals surface area contributed by atoms with E-state index in [2.05, 4.69) is 23.8 Å². The van der Waals surface area contributed by atoms with Gasteiger partial charge in [-0.1, -0.05) is 12.8 Å². The number of piperidine rings is 1. The molecule has 1 saturated heterocycles. The maximum Gasteiger partial charge on any atom is 0.00817 e. The third kappa shape index (κ3) is 8.06. The minimum Gasteiger partial charge on any atom is -0.314 e. The van der Waals surface area contributed by atoms with Gasteiger partial charge in [-0.2, -0.15) is 11.8 Å². The summed E-state index contributed by atoms with van der Waals surface area (Å²) in [5.74, 6) is 1.32. The van der Waals surface area contributed by atoms with Gasteiger partial charge in [0, 0.05) is 12.1 Å². The van der Waals surface area contributed by atoms with Crippen LogP contribution in [-0.4, -0.2) is 37.2 Å². The van der Waals surface area contributed by atoms with E-state index in [9.17, 15) is 0 Å². The van der Waals surface area contributed by atoms with E-state index in [1.165, 1.54) is 63.8 Å². The molecule has 1 rings (SSSR count). The second kappa shape index (κ2) is 10.2. The highest BCUT2D eigenvalue weighted by Gasteiger charge is 2.14. The van der Waals surface area contributed by atoms with Crippen LogP contribution in [0, 0.1) is 0 Å². The molecule has 17 heavy (non-hydrogen) atoms. The van der Waals surface area contributed by atoms with Gasteiger partial charge in [-0.3, -0.25) is 0 Å². The highest BCUT2D eigenvalue weighted by molar-refractivity contribution is 7.98. The summed E-state index contributed by atoms with van der Waals surface area (Å²) in [5, 5.41) is 7.29. The van der Waals surface area contributed by atoms with Gasteiger partial charge in [0.05, 0.1) is 0 Å². The molecular weight excluding hydrogens is 228 g/mol. The summed E-state index contributed by atoms with van der Waals surface area (Å²) in [7, 11) is 0. The van der Waals surface area contributed by atoms with Crippen LogP contribution in [0.5, 0.6) is 0 Å². The molecule has 1 aliphatic rings. The van der Waals surface area contributed by atoms with Gasteiger partial charge in [0.1, 0.15) is 0 Å². The van der Waals surface area contributed by atoms with Gasteiger partial charge in [0.25, 0.3) is 0 Å². The van der Waals surface area contributed by atoms with E-state index in [1.807, 2.05) is 11.8 Å². The quantitative estimate of drug-likeness (QED) is 0.622. The fraction of sp³-hybridized carbons (Fsp3) is 1.00. The Kier molecular flexibility index (Phi) is 9.21. The maximum absolute atomic E-state index is 3.66. The predicted octanol–water partition coefficient (Wildman–Crippen LogP) is 3.03. The Hall–Kier alpha value is 0.270. The normalized spacial score (nSPS) is 22.6.